The molecule has 0 aliphatic rings. The van der Waals surface area contributed by atoms with Crippen molar-refractivity contribution in [1.82, 2.24) is 4.57 Å². The average Bonchev–Trinajstić information content (AvgIpc) is 3.74. The third-order valence-corrected chi connectivity index (χ3v) is 20.2. The number of benzene rings is 12. The highest BCUT2D eigenvalue weighted by atomic mass is 15.0. The van der Waals surface area contributed by atoms with Gasteiger partial charge in [0.25, 0.3) is 0 Å². The Morgan fingerprint density at radius 3 is 1.08 bits per heavy atom. The van der Waals surface area contributed by atoms with Crippen molar-refractivity contribution in [2.75, 3.05) is 0 Å². The van der Waals surface area contributed by atoms with Crippen molar-refractivity contribution in [3.8, 4) is 39.1 Å². The molecule has 12 aromatic carbocycles. The Morgan fingerprint density at radius 2 is 0.587 bits per heavy atom. The number of fused-ring (bicyclic) bond motifs is 3. The Balaban J connectivity index is 1.22. The van der Waals surface area contributed by atoms with Gasteiger partial charge >= 0.3 is 0 Å². The Hall–Kier alpha value is -6.31. The maximum atomic E-state index is 2.63. The summed E-state index contributed by atoms with van der Waals surface area (Å²) in [6, 6.07) is 34.7. The second kappa shape index (κ2) is 16.6. The first-order valence-corrected chi connectivity index (χ1v) is 27.4. The van der Waals surface area contributed by atoms with Crippen LogP contribution in [0.4, 0.5) is 0 Å². The summed E-state index contributed by atoms with van der Waals surface area (Å²) in [7, 11) is 42.9. The van der Waals surface area contributed by atoms with E-state index in [9.17, 15) is 0 Å². The molecule has 0 unspecified atom stereocenters. The van der Waals surface area contributed by atoms with Crippen LogP contribution in [0.2, 0.25) is 0 Å². The zero-order valence-electron chi connectivity index (χ0n) is 47.6. The molecule has 334 valence electrons. The molecule has 0 atom stereocenters. The molecule has 0 N–H and O–H groups in total. The van der Waals surface area contributed by atoms with Crippen molar-refractivity contribution >= 4 is 326 Å². The first-order valence-electron chi connectivity index (χ1n) is 27.4. The molecule has 1 nitrogen and oxygen atoms in total. The molecule has 0 radical (unpaired) electrons. The van der Waals surface area contributed by atoms with E-state index in [1.165, 1.54) is 224 Å². The van der Waals surface area contributed by atoms with Gasteiger partial charge in [0.05, 0.1) is 11.0 Å². The summed E-state index contributed by atoms with van der Waals surface area (Å²) in [5.41, 5.74) is 36.6. The molecule has 0 fully saturated rings. The van der Waals surface area contributed by atoms with Crippen LogP contribution in [0.15, 0.2) is 91.0 Å². The fraction of sp³-hybridized carbons (Fsp3) is 0. The van der Waals surface area contributed by atoms with Crippen LogP contribution in [0.1, 0.15) is 0 Å². The molecule has 0 aliphatic heterocycles. The quantitative estimate of drug-likeness (QED) is 0.122. The van der Waals surface area contributed by atoms with Gasteiger partial charge in [-0.15, -0.1) is 10.9 Å². The number of para-hydroxylation sites is 2. The van der Waals surface area contributed by atoms with Gasteiger partial charge in [0.15, 0.2) is 0 Å². The van der Waals surface area contributed by atoms with E-state index in [0.717, 1.165) is 0 Å². The van der Waals surface area contributed by atoms with Crippen LogP contribution in [0.5, 0.6) is 0 Å². The summed E-state index contributed by atoms with van der Waals surface area (Å²) in [5, 5.41) is 19.7. The van der Waals surface area contributed by atoms with Gasteiger partial charge in [-0.05, 0) is 134 Å². The highest BCUT2D eigenvalue weighted by Crippen LogP contribution is 2.43. The zero-order valence-corrected chi connectivity index (χ0v) is 47.6. The van der Waals surface area contributed by atoms with Crippen LogP contribution in [-0.2, 0) is 0 Å². The molecule has 0 spiro atoms. The Labute approximate surface area is 457 Å². The van der Waals surface area contributed by atoms with Gasteiger partial charge < -0.3 is 4.57 Å². The molecule has 0 amide bonds. The largest absolute Gasteiger partial charge is 0.309 e. The minimum absolute atomic E-state index is 1.17. The molecule has 19 heteroatoms. The lowest BCUT2D eigenvalue weighted by Gasteiger charge is -2.30. The smallest absolute Gasteiger partial charge is 0.139 e. The molecule has 0 bridgehead atoms. The Morgan fingerprint density at radius 1 is 0.227 bits per heavy atom. The average molecular weight is 933 g/mol. The van der Waals surface area contributed by atoms with E-state index < -0.39 is 0 Å². The van der Waals surface area contributed by atoms with Crippen LogP contribution in [0.25, 0.3) is 126 Å². The molecular formula is C56H51B18N. The topological polar surface area (TPSA) is 4.93 Å². The number of hydrogen-bond acceptors (Lipinski definition) is 0. The maximum Gasteiger partial charge on any atom is 0.139 e. The highest BCUT2D eigenvalue weighted by Gasteiger charge is 2.29. The van der Waals surface area contributed by atoms with Gasteiger partial charge in [-0.1, -0.05) is 142 Å². The van der Waals surface area contributed by atoms with Gasteiger partial charge in [-0.25, -0.2) is 0 Å². The summed E-state index contributed by atoms with van der Waals surface area (Å²) in [6.07, 6.45) is 0. The second-order valence-corrected chi connectivity index (χ2v) is 23.2. The van der Waals surface area contributed by atoms with Gasteiger partial charge in [0, 0.05) is 16.5 Å². The summed E-state index contributed by atoms with van der Waals surface area (Å²) in [5.74, 6) is 0. The van der Waals surface area contributed by atoms with Crippen molar-refractivity contribution in [2.45, 2.75) is 0 Å². The summed E-state index contributed by atoms with van der Waals surface area (Å²) >= 11 is 0. The number of nitrogens with zero attached hydrogens (tertiary/aromatic N) is 1. The lowest BCUT2D eigenvalue weighted by molar-refractivity contribution is 1.18. The van der Waals surface area contributed by atoms with Crippen LogP contribution in [0.3, 0.4) is 0 Å². The molecule has 0 aliphatic carbocycles. The van der Waals surface area contributed by atoms with Crippen LogP contribution in [-0.4, -0.2) is 146 Å². The van der Waals surface area contributed by atoms with Crippen molar-refractivity contribution in [3.63, 3.8) is 0 Å². The first-order chi connectivity index (χ1) is 35.8. The van der Waals surface area contributed by atoms with Crippen molar-refractivity contribution in [2.24, 2.45) is 0 Å². The van der Waals surface area contributed by atoms with Crippen LogP contribution in [0, 0.1) is 0 Å². The monoisotopic (exact) mass is 936 g/mol. The van der Waals surface area contributed by atoms with Gasteiger partial charge in [0.1, 0.15) is 141 Å². The SMILES string of the molecule is Bc1c(B)c2c(B)c(B)c3c(B)c(B)c(-c4ccc(-c5ccc6c(c5)c5ccccc5n6-c5ccccc5)c(-c5c(B)c(B)c6c(B)c(B)c7c(B)c(B)c(B)c8c(B)c(B)c5c6c78)c4)c4c(B)c(B)c(c1B)c2c34. The minimum Gasteiger partial charge on any atom is -0.309 e. The molecule has 1 heterocycles. The van der Waals surface area contributed by atoms with E-state index in [2.05, 4.69) is 237 Å². The summed E-state index contributed by atoms with van der Waals surface area (Å²) in [4.78, 5) is 0. The Kier molecular flexibility index (Phi) is 10.7. The summed E-state index contributed by atoms with van der Waals surface area (Å²) in [6.45, 7) is 0. The van der Waals surface area contributed by atoms with Gasteiger partial charge in [-0.2, -0.15) is 0 Å². The number of hydrogen-bond donors (Lipinski definition) is 0. The molecule has 0 saturated carbocycles. The highest BCUT2D eigenvalue weighted by molar-refractivity contribution is 6.77. The van der Waals surface area contributed by atoms with E-state index >= 15 is 0 Å². The zero-order chi connectivity index (χ0) is 52.9. The molecule has 13 aromatic rings. The maximum absolute atomic E-state index is 2.63. The van der Waals surface area contributed by atoms with Gasteiger partial charge in [0.2, 0.25) is 0 Å². The molecular weight excluding hydrogens is 881 g/mol. The predicted octanol–water partition coefficient (Wildman–Crippen LogP) is -15.8. The van der Waals surface area contributed by atoms with Crippen LogP contribution < -0.4 is 98.3 Å². The Bertz CT molecular complexity index is 4750. The number of aromatic nitrogens is 1. The lowest BCUT2D eigenvalue weighted by atomic mass is 9.58. The summed E-state index contributed by atoms with van der Waals surface area (Å²) < 4.78 is 2.44. The molecule has 1 aromatic heterocycles. The number of rotatable bonds is 4. The molecule has 13 rings (SSSR count). The fourth-order valence-corrected chi connectivity index (χ4v) is 15.2. The van der Waals surface area contributed by atoms with Crippen molar-refractivity contribution in [1.29, 1.82) is 0 Å². The standard InChI is InChI=1S/C56H51B18N/c57-39-25(31-27-29-35(45(63)41(31)59)51(69)55(73)53(71)37(29)49(67)47(65)33(27)43(39)61)17-10-12-19(16-11-13-24-21(14-16)20-8-4-5-9-23(20)75(24)18-6-2-1-3-7-18)22(15-17)26-32-28-30-36(46(64)42(32)60)52(70)56(74)54(72)38(30)50(68)48(66)34(28)44(62)40(26)58/h1-15H,57-74H2. The second-order valence-electron chi connectivity index (χ2n) is 23.2. The van der Waals surface area contributed by atoms with Crippen molar-refractivity contribution in [3.05, 3.63) is 91.0 Å². The van der Waals surface area contributed by atoms with Crippen LogP contribution >= 0.6 is 0 Å². The normalized spacial score (nSPS) is 12.2. The predicted molar refractivity (Wildman–Crippen MR) is 392 cm³/mol. The fourth-order valence-electron chi connectivity index (χ4n) is 15.2. The first kappa shape index (κ1) is 48.3. The van der Waals surface area contributed by atoms with E-state index in [1.54, 1.807) is 0 Å². The minimum atomic E-state index is 1.17. The van der Waals surface area contributed by atoms with Crippen molar-refractivity contribution < 1.29 is 0 Å². The molecule has 0 saturated heterocycles. The third kappa shape index (κ3) is 6.11. The van der Waals surface area contributed by atoms with E-state index in [0.29, 0.717) is 0 Å². The van der Waals surface area contributed by atoms with E-state index in [1.807, 2.05) is 0 Å². The van der Waals surface area contributed by atoms with Gasteiger partial charge in [-0.3, -0.25) is 0 Å². The lowest BCUT2D eigenvalue weighted by Crippen LogP contribution is -2.48. The van der Waals surface area contributed by atoms with E-state index in [4.69, 9.17) is 0 Å². The third-order valence-electron chi connectivity index (χ3n) is 20.2. The molecule has 75 heavy (non-hydrogen) atoms. The van der Waals surface area contributed by atoms with E-state index in [-0.39, 0.29) is 0 Å².